The lowest BCUT2D eigenvalue weighted by atomic mass is 9.97. The fourth-order valence-corrected chi connectivity index (χ4v) is 3.83. The molecule has 3 rings (SSSR count). The summed E-state index contributed by atoms with van der Waals surface area (Å²) < 4.78 is 0. The first-order chi connectivity index (χ1) is 9.49. The molecule has 7 heteroatoms. The number of likely N-dealkylation sites (tertiary alicyclic amines) is 1. The molecule has 1 unspecified atom stereocenters. The molecule has 2 aromatic heterocycles. The summed E-state index contributed by atoms with van der Waals surface area (Å²) in [5.74, 6) is 1.07. The van der Waals surface area contributed by atoms with Gasteiger partial charge < -0.3 is 4.90 Å². The van der Waals surface area contributed by atoms with Gasteiger partial charge in [0, 0.05) is 17.6 Å². The summed E-state index contributed by atoms with van der Waals surface area (Å²) >= 11 is 1.43. The van der Waals surface area contributed by atoms with Gasteiger partial charge in [0.25, 0.3) is 5.91 Å². The number of carbonyl (C=O) groups excluding carboxylic acids is 1. The van der Waals surface area contributed by atoms with Gasteiger partial charge in [-0.1, -0.05) is 6.92 Å². The van der Waals surface area contributed by atoms with E-state index in [-0.39, 0.29) is 11.4 Å². The molecule has 1 amide bonds. The molecule has 1 aliphatic heterocycles. The number of hydrogen-bond acceptors (Lipinski definition) is 5. The second-order valence-electron chi connectivity index (χ2n) is 5.94. The Kier molecular flexibility index (Phi) is 3.08. The van der Waals surface area contributed by atoms with Crippen LogP contribution >= 0.6 is 11.3 Å². The number of nitrogens with zero attached hydrogens (tertiary/aromatic N) is 4. The molecule has 2 aromatic rings. The van der Waals surface area contributed by atoms with Crippen molar-refractivity contribution in [3.05, 3.63) is 16.3 Å². The van der Waals surface area contributed by atoms with Crippen molar-refractivity contribution in [3.63, 3.8) is 0 Å². The first-order valence-corrected chi connectivity index (χ1v) is 7.50. The summed E-state index contributed by atoms with van der Waals surface area (Å²) in [6, 6.07) is 1.87. The number of tetrazole rings is 1. The molecule has 1 fully saturated rings. The molecule has 106 valence electrons. The van der Waals surface area contributed by atoms with Gasteiger partial charge in [-0.2, -0.15) is 5.21 Å². The van der Waals surface area contributed by atoms with Crippen LogP contribution in [0.4, 0.5) is 0 Å². The Labute approximate surface area is 121 Å². The number of rotatable bonds is 2. The smallest absolute Gasteiger partial charge is 0.265 e. The van der Waals surface area contributed by atoms with Crippen LogP contribution in [0.2, 0.25) is 0 Å². The van der Waals surface area contributed by atoms with Gasteiger partial charge in [-0.05, 0) is 42.8 Å². The summed E-state index contributed by atoms with van der Waals surface area (Å²) in [5, 5.41) is 15.8. The predicted octanol–water partition coefficient (Wildman–Crippen LogP) is 2.19. The number of thiophene rings is 1. The van der Waals surface area contributed by atoms with Crippen molar-refractivity contribution in [3.8, 4) is 11.4 Å². The average molecular weight is 291 g/mol. The topological polar surface area (TPSA) is 74.8 Å². The van der Waals surface area contributed by atoms with E-state index in [0.29, 0.717) is 16.6 Å². The van der Waals surface area contributed by atoms with E-state index in [1.54, 1.807) is 0 Å². The third-order valence-corrected chi connectivity index (χ3v) is 4.67. The van der Waals surface area contributed by atoms with E-state index in [1.807, 2.05) is 16.3 Å². The van der Waals surface area contributed by atoms with E-state index >= 15 is 0 Å². The lowest BCUT2D eigenvalue weighted by molar-refractivity contribution is 0.0656. The summed E-state index contributed by atoms with van der Waals surface area (Å²) in [4.78, 5) is 15.5. The van der Waals surface area contributed by atoms with Crippen LogP contribution < -0.4 is 0 Å². The largest absolute Gasteiger partial charge is 0.333 e. The maximum absolute atomic E-state index is 12.8. The zero-order valence-electron chi connectivity index (χ0n) is 11.8. The van der Waals surface area contributed by atoms with Crippen molar-refractivity contribution in [1.82, 2.24) is 25.5 Å². The van der Waals surface area contributed by atoms with Crippen LogP contribution in [0, 0.1) is 5.92 Å². The van der Waals surface area contributed by atoms with E-state index in [0.717, 1.165) is 18.5 Å². The minimum atomic E-state index is -0.102. The third kappa shape index (κ3) is 2.11. The molecule has 1 N–H and O–H groups in total. The van der Waals surface area contributed by atoms with Gasteiger partial charge in [0.2, 0.25) is 5.82 Å². The Morgan fingerprint density at radius 3 is 2.95 bits per heavy atom. The first kappa shape index (κ1) is 13.2. The van der Waals surface area contributed by atoms with Crippen molar-refractivity contribution < 1.29 is 4.79 Å². The quantitative estimate of drug-likeness (QED) is 0.920. The average Bonchev–Trinajstić information content (AvgIpc) is 3.06. The second kappa shape index (κ2) is 4.66. The highest BCUT2D eigenvalue weighted by Crippen LogP contribution is 2.36. The van der Waals surface area contributed by atoms with Gasteiger partial charge in [0.1, 0.15) is 4.88 Å². The van der Waals surface area contributed by atoms with Gasteiger partial charge in [0.05, 0.1) is 0 Å². The van der Waals surface area contributed by atoms with Crippen LogP contribution in [0.5, 0.6) is 0 Å². The molecule has 0 aromatic carbocycles. The van der Waals surface area contributed by atoms with Crippen molar-refractivity contribution in [2.24, 2.45) is 5.92 Å². The minimum absolute atomic E-state index is 0.0640. The van der Waals surface area contributed by atoms with Crippen molar-refractivity contribution in [2.45, 2.75) is 32.7 Å². The predicted molar refractivity (Wildman–Crippen MR) is 76.4 cm³/mol. The number of carbonyl (C=O) groups is 1. The molecule has 0 bridgehead atoms. The van der Waals surface area contributed by atoms with Crippen molar-refractivity contribution in [1.29, 1.82) is 0 Å². The number of H-pyrrole nitrogens is 1. The number of hydrogen-bond donors (Lipinski definition) is 1. The maximum atomic E-state index is 12.8. The van der Waals surface area contributed by atoms with Gasteiger partial charge >= 0.3 is 0 Å². The van der Waals surface area contributed by atoms with Gasteiger partial charge in [-0.3, -0.25) is 4.79 Å². The molecule has 20 heavy (non-hydrogen) atoms. The highest BCUT2D eigenvalue weighted by molar-refractivity contribution is 7.12. The molecule has 0 radical (unpaired) electrons. The lowest BCUT2D eigenvalue weighted by Gasteiger charge is -2.31. The first-order valence-electron chi connectivity index (χ1n) is 6.62. The third-order valence-electron chi connectivity index (χ3n) is 3.76. The standard InChI is InChI=1S/C13H17N5OS/c1-8-6-13(2,3)18(7-8)12(19)10-9(4-5-20-10)11-14-16-17-15-11/h4-5,8H,6-7H2,1-3H3,(H,14,15,16,17). The van der Waals surface area contributed by atoms with Crippen LogP contribution in [0.1, 0.15) is 36.9 Å². The van der Waals surface area contributed by atoms with Crippen LogP contribution in [-0.2, 0) is 0 Å². The van der Waals surface area contributed by atoms with E-state index < -0.39 is 0 Å². The van der Waals surface area contributed by atoms with Crippen LogP contribution in [0.25, 0.3) is 11.4 Å². The highest BCUT2D eigenvalue weighted by atomic mass is 32.1. The number of aromatic amines is 1. The molecule has 3 heterocycles. The fourth-order valence-electron chi connectivity index (χ4n) is 2.99. The molecule has 1 atom stereocenters. The molecule has 0 spiro atoms. The molecule has 0 aliphatic carbocycles. The van der Waals surface area contributed by atoms with Crippen LogP contribution in [0.15, 0.2) is 11.4 Å². The van der Waals surface area contributed by atoms with E-state index in [4.69, 9.17) is 0 Å². The molecule has 0 saturated carbocycles. The molecular weight excluding hydrogens is 274 g/mol. The fraction of sp³-hybridized carbons (Fsp3) is 0.538. The van der Waals surface area contributed by atoms with E-state index in [1.165, 1.54) is 11.3 Å². The lowest BCUT2D eigenvalue weighted by Crippen LogP contribution is -2.42. The molecule has 1 aliphatic rings. The minimum Gasteiger partial charge on any atom is -0.333 e. The monoisotopic (exact) mass is 291 g/mol. The van der Waals surface area contributed by atoms with Gasteiger partial charge in [0.15, 0.2) is 0 Å². The highest BCUT2D eigenvalue weighted by Gasteiger charge is 2.40. The Morgan fingerprint density at radius 1 is 1.55 bits per heavy atom. The molecule has 6 nitrogen and oxygen atoms in total. The number of nitrogens with one attached hydrogen (secondary N) is 1. The van der Waals surface area contributed by atoms with Crippen LogP contribution in [0.3, 0.4) is 0 Å². The number of aromatic nitrogens is 4. The normalized spacial score (nSPS) is 21.4. The summed E-state index contributed by atoms with van der Waals surface area (Å²) in [5.41, 5.74) is 0.652. The van der Waals surface area contributed by atoms with Gasteiger partial charge in [-0.25, -0.2) is 0 Å². The Bertz CT molecular complexity index is 619. The second-order valence-corrected chi connectivity index (χ2v) is 6.85. The summed E-state index contributed by atoms with van der Waals surface area (Å²) in [6.45, 7) is 7.23. The Balaban J connectivity index is 1.95. The molecule has 1 saturated heterocycles. The van der Waals surface area contributed by atoms with Crippen molar-refractivity contribution >= 4 is 17.2 Å². The van der Waals surface area contributed by atoms with E-state index in [9.17, 15) is 4.79 Å². The van der Waals surface area contributed by atoms with E-state index in [2.05, 4.69) is 41.4 Å². The van der Waals surface area contributed by atoms with Crippen LogP contribution in [-0.4, -0.2) is 43.5 Å². The maximum Gasteiger partial charge on any atom is 0.265 e. The van der Waals surface area contributed by atoms with Crippen molar-refractivity contribution in [2.75, 3.05) is 6.54 Å². The molecular formula is C13H17N5OS. The SMILES string of the molecule is CC1CN(C(=O)c2sccc2-c2nn[nH]n2)C(C)(C)C1. The number of amides is 1. The Hall–Kier alpha value is -1.76. The zero-order chi connectivity index (χ0) is 14.3. The Morgan fingerprint density at radius 2 is 2.35 bits per heavy atom. The summed E-state index contributed by atoms with van der Waals surface area (Å²) in [7, 11) is 0. The summed E-state index contributed by atoms with van der Waals surface area (Å²) in [6.07, 6.45) is 1.03. The van der Waals surface area contributed by atoms with Gasteiger partial charge in [-0.15, -0.1) is 21.5 Å². The zero-order valence-corrected chi connectivity index (χ0v) is 12.6.